The second kappa shape index (κ2) is 5.17. The number of rotatable bonds is 4. The second-order valence-electron chi connectivity index (χ2n) is 4.12. The first kappa shape index (κ1) is 11.3. The molecule has 1 aliphatic carbocycles. The van der Waals surface area contributed by atoms with Crippen LogP contribution in [0.4, 0.5) is 0 Å². The molecular weight excluding hydrogens is 183 g/mol. The van der Waals surface area contributed by atoms with Gasteiger partial charge in [0.15, 0.2) is 0 Å². The van der Waals surface area contributed by atoms with E-state index in [0.29, 0.717) is 6.16 Å². The van der Waals surface area contributed by atoms with Crippen molar-refractivity contribution in [1.82, 2.24) is 0 Å². The average molecular weight is 204 g/mol. The van der Waals surface area contributed by atoms with Crippen LogP contribution in [0.2, 0.25) is 0 Å². The van der Waals surface area contributed by atoms with E-state index >= 15 is 0 Å². The fourth-order valence-electron chi connectivity index (χ4n) is 2.05. The SMILES string of the molecule is CCCCP(=O)(O)C1CCCCC1. The molecule has 0 aromatic rings. The lowest BCUT2D eigenvalue weighted by atomic mass is 10.0. The Hall–Kier alpha value is 0.190. The van der Waals surface area contributed by atoms with Crippen LogP contribution in [0.3, 0.4) is 0 Å². The largest absolute Gasteiger partial charge is 0.344 e. The molecule has 0 bridgehead atoms. The Labute approximate surface area is 81.2 Å². The monoisotopic (exact) mass is 204 g/mol. The summed E-state index contributed by atoms with van der Waals surface area (Å²) in [5.41, 5.74) is 0.132. The van der Waals surface area contributed by atoms with Gasteiger partial charge in [0.2, 0.25) is 7.37 Å². The highest BCUT2D eigenvalue weighted by atomic mass is 31.2. The molecule has 0 radical (unpaired) electrons. The molecular formula is C10H21O2P. The number of hydrogen-bond acceptors (Lipinski definition) is 1. The summed E-state index contributed by atoms with van der Waals surface area (Å²) >= 11 is 0. The van der Waals surface area contributed by atoms with Crippen LogP contribution in [0, 0.1) is 0 Å². The van der Waals surface area contributed by atoms with E-state index < -0.39 is 7.37 Å². The van der Waals surface area contributed by atoms with Gasteiger partial charge < -0.3 is 4.89 Å². The topological polar surface area (TPSA) is 37.3 Å². The van der Waals surface area contributed by atoms with E-state index in [0.717, 1.165) is 38.5 Å². The number of hydrogen-bond donors (Lipinski definition) is 1. The van der Waals surface area contributed by atoms with Crippen LogP contribution in [-0.4, -0.2) is 16.7 Å². The Bertz CT molecular complexity index is 185. The van der Waals surface area contributed by atoms with Crippen LogP contribution >= 0.6 is 7.37 Å². The molecule has 1 unspecified atom stereocenters. The van der Waals surface area contributed by atoms with E-state index in [4.69, 9.17) is 0 Å². The smallest absolute Gasteiger partial charge is 0.203 e. The summed E-state index contributed by atoms with van der Waals surface area (Å²) in [7, 11) is -2.78. The summed E-state index contributed by atoms with van der Waals surface area (Å²) in [6.07, 6.45) is 8.01. The fourth-order valence-corrected chi connectivity index (χ4v) is 4.36. The third-order valence-electron chi connectivity index (χ3n) is 2.98. The molecule has 0 aromatic carbocycles. The Kier molecular flexibility index (Phi) is 4.48. The maximum atomic E-state index is 11.9. The molecule has 1 rings (SSSR count). The van der Waals surface area contributed by atoms with Gasteiger partial charge in [-0.3, -0.25) is 4.57 Å². The van der Waals surface area contributed by atoms with Crippen LogP contribution < -0.4 is 0 Å². The minimum Gasteiger partial charge on any atom is -0.344 e. The maximum Gasteiger partial charge on any atom is 0.203 e. The molecule has 0 amide bonds. The molecule has 0 aromatic heterocycles. The zero-order valence-electron chi connectivity index (χ0n) is 8.54. The Morgan fingerprint density at radius 2 is 1.92 bits per heavy atom. The molecule has 2 nitrogen and oxygen atoms in total. The maximum absolute atomic E-state index is 11.9. The van der Waals surface area contributed by atoms with Crippen LogP contribution in [0.25, 0.3) is 0 Å². The Morgan fingerprint density at radius 1 is 1.31 bits per heavy atom. The van der Waals surface area contributed by atoms with Gasteiger partial charge in [0, 0.05) is 11.8 Å². The van der Waals surface area contributed by atoms with Crippen LogP contribution in [0.1, 0.15) is 51.9 Å². The quantitative estimate of drug-likeness (QED) is 0.713. The van der Waals surface area contributed by atoms with Crippen molar-refractivity contribution in [1.29, 1.82) is 0 Å². The predicted molar refractivity (Wildman–Crippen MR) is 56.5 cm³/mol. The van der Waals surface area contributed by atoms with Crippen LogP contribution in [-0.2, 0) is 4.57 Å². The third kappa shape index (κ3) is 3.44. The molecule has 78 valence electrons. The normalized spacial score (nSPS) is 24.2. The summed E-state index contributed by atoms with van der Waals surface area (Å²) in [5, 5.41) is 0. The van der Waals surface area contributed by atoms with Gasteiger partial charge in [-0.2, -0.15) is 0 Å². The zero-order valence-corrected chi connectivity index (χ0v) is 9.43. The van der Waals surface area contributed by atoms with Crippen molar-refractivity contribution in [3.63, 3.8) is 0 Å². The zero-order chi connectivity index (χ0) is 9.73. The molecule has 1 N–H and O–H groups in total. The first-order valence-electron chi connectivity index (χ1n) is 5.48. The average Bonchev–Trinajstić information content (AvgIpc) is 2.16. The second-order valence-corrected chi connectivity index (χ2v) is 6.81. The standard InChI is InChI=1S/C10H21O2P/c1-2-3-9-13(11,12)10-7-5-4-6-8-10/h10H,2-9H2,1H3,(H,11,12). The molecule has 3 heteroatoms. The van der Waals surface area contributed by atoms with E-state index in [-0.39, 0.29) is 5.66 Å². The van der Waals surface area contributed by atoms with E-state index in [1.54, 1.807) is 0 Å². The summed E-state index contributed by atoms with van der Waals surface area (Å²) in [5.74, 6) is 0. The van der Waals surface area contributed by atoms with Gasteiger partial charge in [0.1, 0.15) is 0 Å². The summed E-state index contributed by atoms with van der Waals surface area (Å²) in [6, 6.07) is 0. The van der Waals surface area contributed by atoms with Crippen molar-refractivity contribution in [2.75, 3.05) is 6.16 Å². The van der Waals surface area contributed by atoms with Crippen LogP contribution in [0.5, 0.6) is 0 Å². The highest BCUT2D eigenvalue weighted by molar-refractivity contribution is 7.58. The van der Waals surface area contributed by atoms with Gasteiger partial charge in [-0.15, -0.1) is 0 Å². The van der Waals surface area contributed by atoms with Crippen molar-refractivity contribution < 1.29 is 9.46 Å². The Morgan fingerprint density at radius 3 is 2.46 bits per heavy atom. The summed E-state index contributed by atoms with van der Waals surface area (Å²) < 4.78 is 11.9. The third-order valence-corrected chi connectivity index (χ3v) is 5.59. The van der Waals surface area contributed by atoms with Gasteiger partial charge in [-0.05, 0) is 19.3 Å². The minimum atomic E-state index is -2.78. The molecule has 1 saturated carbocycles. The van der Waals surface area contributed by atoms with Crippen molar-refractivity contribution in [3.8, 4) is 0 Å². The van der Waals surface area contributed by atoms with Gasteiger partial charge >= 0.3 is 0 Å². The van der Waals surface area contributed by atoms with Crippen molar-refractivity contribution >= 4 is 7.37 Å². The molecule has 0 saturated heterocycles. The molecule has 1 atom stereocenters. The molecule has 0 spiro atoms. The molecule has 13 heavy (non-hydrogen) atoms. The van der Waals surface area contributed by atoms with Crippen molar-refractivity contribution in [3.05, 3.63) is 0 Å². The van der Waals surface area contributed by atoms with Gasteiger partial charge in [0.05, 0.1) is 0 Å². The summed E-state index contributed by atoms with van der Waals surface area (Å²) in [4.78, 5) is 9.83. The number of unbranched alkanes of at least 4 members (excludes halogenated alkanes) is 1. The first-order chi connectivity index (χ1) is 6.17. The van der Waals surface area contributed by atoms with E-state index in [9.17, 15) is 9.46 Å². The van der Waals surface area contributed by atoms with E-state index in [2.05, 4.69) is 6.92 Å². The van der Waals surface area contributed by atoms with Crippen molar-refractivity contribution in [2.45, 2.75) is 57.5 Å². The molecule has 1 fully saturated rings. The lowest BCUT2D eigenvalue weighted by molar-refractivity contribution is 0.420. The van der Waals surface area contributed by atoms with Crippen LogP contribution in [0.15, 0.2) is 0 Å². The van der Waals surface area contributed by atoms with E-state index in [1.807, 2.05) is 0 Å². The lowest BCUT2D eigenvalue weighted by Gasteiger charge is -2.26. The Balaban J connectivity index is 2.41. The van der Waals surface area contributed by atoms with E-state index in [1.165, 1.54) is 6.42 Å². The highest BCUT2D eigenvalue weighted by Gasteiger charge is 2.30. The highest BCUT2D eigenvalue weighted by Crippen LogP contribution is 2.52. The molecule has 1 aliphatic rings. The predicted octanol–water partition coefficient (Wildman–Crippen LogP) is 3.39. The first-order valence-corrected chi connectivity index (χ1v) is 7.39. The van der Waals surface area contributed by atoms with Crippen molar-refractivity contribution in [2.24, 2.45) is 0 Å². The van der Waals surface area contributed by atoms with Gasteiger partial charge in [-0.1, -0.05) is 32.6 Å². The molecule has 0 aliphatic heterocycles. The minimum absolute atomic E-state index is 0.132. The van der Waals surface area contributed by atoms with Gasteiger partial charge in [0.25, 0.3) is 0 Å². The fraction of sp³-hybridized carbons (Fsp3) is 1.00. The summed E-state index contributed by atoms with van der Waals surface area (Å²) in [6.45, 7) is 2.07. The lowest BCUT2D eigenvalue weighted by Crippen LogP contribution is -2.14. The molecule has 0 heterocycles. The van der Waals surface area contributed by atoms with Gasteiger partial charge in [-0.25, -0.2) is 0 Å².